The Labute approximate surface area is 194 Å². The van der Waals surface area contributed by atoms with Crippen LogP contribution in [0.5, 0.6) is 0 Å². The number of rotatable bonds is 6. The van der Waals surface area contributed by atoms with E-state index in [2.05, 4.69) is 15.1 Å². The van der Waals surface area contributed by atoms with Gasteiger partial charge in [-0.3, -0.25) is 14.5 Å². The fourth-order valence-electron chi connectivity index (χ4n) is 4.76. The second-order valence-electron chi connectivity index (χ2n) is 9.35. The molecule has 3 fully saturated rings. The van der Waals surface area contributed by atoms with Gasteiger partial charge in [-0.25, -0.2) is 4.39 Å². The van der Waals surface area contributed by atoms with Crippen molar-refractivity contribution >= 4 is 23.2 Å². The van der Waals surface area contributed by atoms with Crippen molar-refractivity contribution in [2.75, 3.05) is 49.5 Å². The molecule has 0 atom stereocenters. The van der Waals surface area contributed by atoms with Gasteiger partial charge in [0.1, 0.15) is 5.82 Å². The highest BCUT2D eigenvalue weighted by Crippen LogP contribution is 2.32. The van der Waals surface area contributed by atoms with Crippen molar-refractivity contribution in [1.82, 2.24) is 9.80 Å². The molecule has 1 aliphatic carbocycles. The fraction of sp³-hybridized carbons (Fsp3) is 0.462. The molecule has 2 saturated heterocycles. The monoisotopic (exact) mass is 450 g/mol. The quantitative estimate of drug-likeness (QED) is 0.729. The van der Waals surface area contributed by atoms with E-state index >= 15 is 0 Å². The number of hydrogen-bond donors (Lipinski definition) is 1. The molecule has 0 unspecified atom stereocenters. The molecule has 3 aliphatic rings. The Kier molecular flexibility index (Phi) is 6.31. The zero-order valence-electron chi connectivity index (χ0n) is 18.9. The molecule has 174 valence electrons. The zero-order chi connectivity index (χ0) is 22.8. The summed E-state index contributed by atoms with van der Waals surface area (Å²) in [5.74, 6) is 0.0371. The maximum atomic E-state index is 14.0. The predicted octanol–water partition coefficient (Wildman–Crippen LogP) is 3.73. The molecule has 2 aromatic rings. The van der Waals surface area contributed by atoms with E-state index in [0.29, 0.717) is 23.4 Å². The summed E-state index contributed by atoms with van der Waals surface area (Å²) in [4.78, 5) is 32.0. The van der Waals surface area contributed by atoms with Crippen molar-refractivity contribution in [1.29, 1.82) is 0 Å². The molecule has 5 rings (SSSR count). The van der Waals surface area contributed by atoms with Crippen LogP contribution in [-0.4, -0.2) is 60.9 Å². The summed E-state index contributed by atoms with van der Waals surface area (Å²) < 4.78 is 14.0. The topological polar surface area (TPSA) is 55.9 Å². The number of carbonyl (C=O) groups is 2. The lowest BCUT2D eigenvalue weighted by molar-refractivity contribution is -0.117. The van der Waals surface area contributed by atoms with Gasteiger partial charge < -0.3 is 15.1 Å². The lowest BCUT2D eigenvalue weighted by atomic mass is 10.1. The van der Waals surface area contributed by atoms with Crippen molar-refractivity contribution in [2.24, 2.45) is 5.92 Å². The highest BCUT2D eigenvalue weighted by atomic mass is 19.1. The van der Waals surface area contributed by atoms with Crippen LogP contribution in [0.2, 0.25) is 0 Å². The number of benzene rings is 2. The summed E-state index contributed by atoms with van der Waals surface area (Å²) in [5.41, 5.74) is 2.98. The number of anilines is 2. The summed E-state index contributed by atoms with van der Waals surface area (Å²) in [6.07, 6.45) is 3.96. The van der Waals surface area contributed by atoms with Gasteiger partial charge in [0.05, 0.1) is 5.56 Å². The van der Waals surface area contributed by atoms with Crippen LogP contribution in [-0.2, 0) is 11.3 Å². The SMILES string of the molecule is O=C(Nc1ccc(N2CCN(Cc3ccccc3F)CC2)c(C(=O)N2CCCC2)c1)C1CC1. The molecule has 2 amide bonds. The molecule has 2 heterocycles. The Balaban J connectivity index is 1.31. The molecule has 0 bridgehead atoms. The molecule has 6 nitrogen and oxygen atoms in total. The van der Waals surface area contributed by atoms with E-state index in [1.165, 1.54) is 6.07 Å². The molecular formula is C26H31FN4O2. The smallest absolute Gasteiger partial charge is 0.256 e. The van der Waals surface area contributed by atoms with E-state index in [-0.39, 0.29) is 23.5 Å². The minimum atomic E-state index is -0.165. The lowest BCUT2D eigenvalue weighted by Crippen LogP contribution is -2.46. The Bertz CT molecular complexity index is 1020. The first-order valence-corrected chi connectivity index (χ1v) is 12.0. The summed E-state index contributed by atoms with van der Waals surface area (Å²) >= 11 is 0. The average molecular weight is 451 g/mol. The maximum Gasteiger partial charge on any atom is 0.256 e. The van der Waals surface area contributed by atoms with Gasteiger partial charge in [0, 0.05) is 68.7 Å². The van der Waals surface area contributed by atoms with Crippen LogP contribution < -0.4 is 10.2 Å². The summed E-state index contributed by atoms with van der Waals surface area (Å²) in [6.45, 7) is 5.29. The van der Waals surface area contributed by atoms with Gasteiger partial charge in [0.15, 0.2) is 0 Å². The molecule has 2 aliphatic heterocycles. The molecule has 1 saturated carbocycles. The van der Waals surface area contributed by atoms with Crippen LogP contribution in [0, 0.1) is 11.7 Å². The van der Waals surface area contributed by atoms with Gasteiger partial charge in [-0.05, 0) is 49.9 Å². The number of halogens is 1. The van der Waals surface area contributed by atoms with E-state index < -0.39 is 0 Å². The maximum absolute atomic E-state index is 14.0. The van der Waals surface area contributed by atoms with Crippen LogP contribution >= 0.6 is 0 Å². The Hall–Kier alpha value is -2.93. The van der Waals surface area contributed by atoms with Crippen molar-refractivity contribution in [3.05, 3.63) is 59.4 Å². The van der Waals surface area contributed by atoms with Gasteiger partial charge in [0.25, 0.3) is 5.91 Å². The second-order valence-corrected chi connectivity index (χ2v) is 9.35. The van der Waals surface area contributed by atoms with E-state index in [0.717, 1.165) is 70.6 Å². The second kappa shape index (κ2) is 9.51. The van der Waals surface area contributed by atoms with Crippen LogP contribution in [0.3, 0.4) is 0 Å². The van der Waals surface area contributed by atoms with Crippen molar-refractivity contribution < 1.29 is 14.0 Å². The van der Waals surface area contributed by atoms with Gasteiger partial charge >= 0.3 is 0 Å². The zero-order valence-corrected chi connectivity index (χ0v) is 18.9. The third-order valence-corrected chi connectivity index (χ3v) is 6.90. The van der Waals surface area contributed by atoms with Gasteiger partial charge in [-0.1, -0.05) is 18.2 Å². The first kappa shape index (κ1) is 21.9. The number of nitrogens with zero attached hydrogens (tertiary/aromatic N) is 3. The largest absolute Gasteiger partial charge is 0.368 e. The van der Waals surface area contributed by atoms with Gasteiger partial charge in [-0.2, -0.15) is 0 Å². The Morgan fingerprint density at radius 3 is 2.36 bits per heavy atom. The molecule has 2 aromatic carbocycles. The van der Waals surface area contributed by atoms with Crippen molar-refractivity contribution in [2.45, 2.75) is 32.2 Å². The van der Waals surface area contributed by atoms with Crippen LogP contribution in [0.1, 0.15) is 41.6 Å². The highest BCUT2D eigenvalue weighted by Gasteiger charge is 2.31. The molecular weight excluding hydrogens is 419 g/mol. The average Bonchev–Trinajstić information content (AvgIpc) is 3.55. The molecule has 33 heavy (non-hydrogen) atoms. The number of piperazine rings is 1. The normalized spacial score (nSPS) is 19.1. The number of hydrogen-bond acceptors (Lipinski definition) is 4. The van der Waals surface area contributed by atoms with Gasteiger partial charge in [0.2, 0.25) is 5.91 Å². The number of amides is 2. The summed E-state index contributed by atoms with van der Waals surface area (Å²) in [6, 6.07) is 12.7. The van der Waals surface area contributed by atoms with Crippen LogP contribution in [0.4, 0.5) is 15.8 Å². The minimum Gasteiger partial charge on any atom is -0.368 e. The summed E-state index contributed by atoms with van der Waals surface area (Å²) in [5, 5.41) is 2.99. The first-order chi connectivity index (χ1) is 16.1. The number of carbonyl (C=O) groups excluding carboxylic acids is 2. The van der Waals surface area contributed by atoms with E-state index in [1.54, 1.807) is 6.07 Å². The molecule has 1 N–H and O–H groups in total. The third kappa shape index (κ3) is 5.03. The highest BCUT2D eigenvalue weighted by molar-refractivity contribution is 6.02. The molecule has 0 spiro atoms. The first-order valence-electron chi connectivity index (χ1n) is 12.0. The molecule has 0 radical (unpaired) electrons. The van der Waals surface area contributed by atoms with E-state index in [4.69, 9.17) is 0 Å². The van der Waals surface area contributed by atoms with Crippen LogP contribution in [0.15, 0.2) is 42.5 Å². The van der Waals surface area contributed by atoms with Crippen LogP contribution in [0.25, 0.3) is 0 Å². The molecule has 7 heteroatoms. The standard InChI is InChI=1S/C26H31FN4O2/c27-23-6-2-1-5-20(23)18-29-13-15-30(16-14-29)24-10-9-21(28-25(32)19-7-8-19)17-22(24)26(33)31-11-3-4-12-31/h1-2,5-6,9-10,17,19H,3-4,7-8,11-16,18H2,(H,28,32). The predicted molar refractivity (Wildman–Crippen MR) is 127 cm³/mol. The van der Waals surface area contributed by atoms with E-state index in [9.17, 15) is 14.0 Å². The number of likely N-dealkylation sites (tertiary alicyclic amines) is 1. The minimum absolute atomic E-state index is 0.0406. The lowest BCUT2D eigenvalue weighted by Gasteiger charge is -2.37. The Morgan fingerprint density at radius 1 is 0.939 bits per heavy atom. The fourth-order valence-corrected chi connectivity index (χ4v) is 4.76. The Morgan fingerprint density at radius 2 is 1.67 bits per heavy atom. The third-order valence-electron chi connectivity index (χ3n) is 6.90. The number of nitrogens with one attached hydrogen (secondary N) is 1. The summed E-state index contributed by atoms with van der Waals surface area (Å²) in [7, 11) is 0. The molecule has 0 aromatic heterocycles. The van der Waals surface area contributed by atoms with Crippen molar-refractivity contribution in [3.8, 4) is 0 Å². The van der Waals surface area contributed by atoms with Crippen molar-refractivity contribution in [3.63, 3.8) is 0 Å². The van der Waals surface area contributed by atoms with Gasteiger partial charge in [-0.15, -0.1) is 0 Å². The van der Waals surface area contributed by atoms with E-state index in [1.807, 2.05) is 35.2 Å².